The van der Waals surface area contributed by atoms with Gasteiger partial charge < -0.3 is 13.9 Å². The summed E-state index contributed by atoms with van der Waals surface area (Å²) in [6.07, 6.45) is 6.55. The Morgan fingerprint density at radius 1 is 0.741 bits per heavy atom. The van der Waals surface area contributed by atoms with Crippen LogP contribution in [0, 0.1) is 0 Å². The molecule has 0 aliphatic carbocycles. The molecule has 0 rings (SSSR count). The van der Waals surface area contributed by atoms with E-state index in [1.807, 2.05) is 6.92 Å². The number of carbonyl (C=O) groups is 3. The van der Waals surface area contributed by atoms with E-state index < -0.39 is 20.3 Å². The zero-order valence-electron chi connectivity index (χ0n) is 17.4. The van der Waals surface area contributed by atoms with Gasteiger partial charge in [-0.05, 0) is 31.0 Å². The topological polar surface area (TPSA) is 78.9 Å². The maximum absolute atomic E-state index is 12.2. The highest BCUT2D eigenvalue weighted by Crippen LogP contribution is 2.28. The summed E-state index contributed by atoms with van der Waals surface area (Å²) >= 11 is 0. The maximum Gasteiger partial charge on any atom is 0.331 e. The SMILES string of the molecule is CCCOC(=O)/C=C\C(=O)OCCCC(=O)O[Si](CCC)(CCC)CCC. The van der Waals surface area contributed by atoms with Crippen LogP contribution in [0.5, 0.6) is 0 Å². The van der Waals surface area contributed by atoms with Gasteiger partial charge in [0, 0.05) is 18.6 Å². The number of hydrogen-bond acceptors (Lipinski definition) is 6. The van der Waals surface area contributed by atoms with E-state index in [4.69, 9.17) is 13.9 Å². The van der Waals surface area contributed by atoms with E-state index in [1.165, 1.54) is 0 Å². The molecule has 0 fully saturated rings. The van der Waals surface area contributed by atoms with Gasteiger partial charge in [-0.2, -0.15) is 0 Å². The molecular formula is C20H36O6Si. The van der Waals surface area contributed by atoms with Crippen molar-refractivity contribution in [3.8, 4) is 0 Å². The van der Waals surface area contributed by atoms with Gasteiger partial charge in [0.15, 0.2) is 0 Å². The van der Waals surface area contributed by atoms with Crippen molar-refractivity contribution in [2.45, 2.75) is 84.4 Å². The van der Waals surface area contributed by atoms with Crippen LogP contribution in [0.3, 0.4) is 0 Å². The molecule has 0 heterocycles. The van der Waals surface area contributed by atoms with Crippen molar-refractivity contribution in [2.24, 2.45) is 0 Å². The minimum Gasteiger partial charge on any atom is -0.519 e. The maximum atomic E-state index is 12.2. The predicted octanol–water partition coefficient (Wildman–Crippen LogP) is 4.54. The van der Waals surface area contributed by atoms with Crippen molar-refractivity contribution in [3.63, 3.8) is 0 Å². The van der Waals surface area contributed by atoms with Crippen molar-refractivity contribution >= 4 is 26.2 Å². The molecule has 0 aromatic heterocycles. The van der Waals surface area contributed by atoms with E-state index in [2.05, 4.69) is 20.8 Å². The molecule has 7 heteroatoms. The zero-order chi connectivity index (χ0) is 20.5. The monoisotopic (exact) mass is 400 g/mol. The van der Waals surface area contributed by atoms with Crippen LogP contribution in [-0.4, -0.2) is 39.4 Å². The molecule has 0 N–H and O–H groups in total. The van der Waals surface area contributed by atoms with Crippen molar-refractivity contribution in [2.75, 3.05) is 13.2 Å². The second kappa shape index (κ2) is 15.4. The molecule has 0 saturated heterocycles. The van der Waals surface area contributed by atoms with Gasteiger partial charge >= 0.3 is 11.9 Å². The number of hydrogen-bond donors (Lipinski definition) is 0. The number of rotatable bonds is 15. The Morgan fingerprint density at radius 3 is 1.67 bits per heavy atom. The van der Waals surface area contributed by atoms with E-state index in [9.17, 15) is 14.4 Å². The van der Waals surface area contributed by atoms with Crippen LogP contribution < -0.4 is 0 Å². The van der Waals surface area contributed by atoms with Gasteiger partial charge in [-0.25, -0.2) is 9.59 Å². The fraction of sp³-hybridized carbons (Fsp3) is 0.750. The first-order valence-electron chi connectivity index (χ1n) is 10.2. The summed E-state index contributed by atoms with van der Waals surface area (Å²) in [5.74, 6) is -1.38. The lowest BCUT2D eigenvalue weighted by Gasteiger charge is -2.30. The average molecular weight is 401 g/mol. The highest BCUT2D eigenvalue weighted by atomic mass is 28.4. The molecular weight excluding hydrogens is 364 g/mol. The molecule has 0 aliphatic rings. The average Bonchev–Trinajstić information content (AvgIpc) is 2.62. The summed E-state index contributed by atoms with van der Waals surface area (Å²) < 4.78 is 15.8. The Bertz CT molecular complexity index is 458. The van der Waals surface area contributed by atoms with Crippen LogP contribution in [0.1, 0.15) is 66.2 Å². The third-order valence-corrected chi connectivity index (χ3v) is 8.92. The summed E-state index contributed by atoms with van der Waals surface area (Å²) in [5, 5.41) is 0. The predicted molar refractivity (Wildman–Crippen MR) is 108 cm³/mol. The van der Waals surface area contributed by atoms with Crippen molar-refractivity contribution < 1.29 is 28.3 Å². The van der Waals surface area contributed by atoms with E-state index in [0.717, 1.165) is 56.0 Å². The molecule has 0 amide bonds. The Kier molecular flexibility index (Phi) is 14.5. The minimum absolute atomic E-state index is 0.117. The smallest absolute Gasteiger partial charge is 0.331 e. The molecule has 0 spiro atoms. The standard InChI is InChI=1S/C20H36O6Si/c1-5-13-24-18(21)11-12-19(22)25-14-9-10-20(23)26-27(15-6-2,16-7-3)17-8-4/h11-12H,5-10,13-17H2,1-4H3/b12-11-. The van der Waals surface area contributed by atoms with Gasteiger partial charge in [0.25, 0.3) is 14.3 Å². The first-order chi connectivity index (χ1) is 12.9. The van der Waals surface area contributed by atoms with E-state index in [-0.39, 0.29) is 19.0 Å². The van der Waals surface area contributed by atoms with Crippen LogP contribution in [0.15, 0.2) is 12.2 Å². The second-order valence-corrected chi connectivity index (χ2v) is 10.7. The van der Waals surface area contributed by atoms with E-state index in [0.29, 0.717) is 13.0 Å². The van der Waals surface area contributed by atoms with Crippen LogP contribution in [0.25, 0.3) is 0 Å². The molecule has 6 nitrogen and oxygen atoms in total. The highest BCUT2D eigenvalue weighted by Gasteiger charge is 2.35. The fourth-order valence-electron chi connectivity index (χ4n) is 3.01. The lowest BCUT2D eigenvalue weighted by Crippen LogP contribution is -2.40. The van der Waals surface area contributed by atoms with Gasteiger partial charge in [0.05, 0.1) is 13.2 Å². The normalized spacial score (nSPS) is 11.4. The van der Waals surface area contributed by atoms with Gasteiger partial charge in [-0.3, -0.25) is 4.79 Å². The molecule has 0 bridgehead atoms. The number of ether oxygens (including phenoxy) is 2. The summed E-state index contributed by atoms with van der Waals surface area (Å²) in [6.45, 7) is 8.71. The highest BCUT2D eigenvalue weighted by molar-refractivity contribution is 6.75. The third-order valence-electron chi connectivity index (χ3n) is 4.02. The Morgan fingerprint density at radius 2 is 1.22 bits per heavy atom. The molecule has 0 atom stereocenters. The van der Waals surface area contributed by atoms with Crippen LogP contribution in [0.4, 0.5) is 0 Å². The van der Waals surface area contributed by atoms with Gasteiger partial charge in [-0.15, -0.1) is 0 Å². The van der Waals surface area contributed by atoms with E-state index >= 15 is 0 Å². The lowest BCUT2D eigenvalue weighted by atomic mass is 10.3. The Hall–Kier alpha value is -1.63. The minimum atomic E-state index is -2.00. The fourth-order valence-corrected chi connectivity index (χ4v) is 7.39. The quantitative estimate of drug-likeness (QED) is 0.174. The summed E-state index contributed by atoms with van der Waals surface area (Å²) in [5.41, 5.74) is 0. The first kappa shape index (κ1) is 25.4. The molecule has 27 heavy (non-hydrogen) atoms. The second-order valence-electron chi connectivity index (χ2n) is 6.68. The van der Waals surface area contributed by atoms with Gasteiger partial charge in [-0.1, -0.05) is 47.0 Å². The summed E-state index contributed by atoms with van der Waals surface area (Å²) in [7, 11) is -2.00. The summed E-state index contributed by atoms with van der Waals surface area (Å²) in [4.78, 5) is 35.0. The van der Waals surface area contributed by atoms with Crippen molar-refractivity contribution in [1.29, 1.82) is 0 Å². The molecule has 0 aromatic rings. The Labute approximate surface area is 164 Å². The largest absolute Gasteiger partial charge is 0.519 e. The molecule has 0 aromatic carbocycles. The zero-order valence-corrected chi connectivity index (χ0v) is 18.4. The van der Waals surface area contributed by atoms with Crippen LogP contribution in [-0.2, 0) is 28.3 Å². The first-order valence-corrected chi connectivity index (χ1v) is 12.7. The van der Waals surface area contributed by atoms with Gasteiger partial charge in [0.2, 0.25) is 0 Å². The number of esters is 2. The van der Waals surface area contributed by atoms with Crippen LogP contribution >= 0.6 is 0 Å². The van der Waals surface area contributed by atoms with Gasteiger partial charge in [0.1, 0.15) is 0 Å². The third kappa shape index (κ3) is 12.4. The molecule has 0 saturated carbocycles. The van der Waals surface area contributed by atoms with E-state index in [1.54, 1.807) is 0 Å². The van der Waals surface area contributed by atoms with Crippen LogP contribution in [0.2, 0.25) is 18.1 Å². The molecule has 0 unspecified atom stereocenters. The Balaban J connectivity index is 4.24. The molecule has 0 radical (unpaired) electrons. The van der Waals surface area contributed by atoms with Crippen molar-refractivity contribution in [1.82, 2.24) is 0 Å². The molecule has 0 aliphatic heterocycles. The summed E-state index contributed by atoms with van der Waals surface area (Å²) in [6, 6.07) is 3.02. The lowest BCUT2D eigenvalue weighted by molar-refractivity contribution is -0.141. The molecule has 156 valence electrons. The number of carbonyl (C=O) groups excluding carboxylic acids is 3. The van der Waals surface area contributed by atoms with Crippen molar-refractivity contribution in [3.05, 3.63) is 12.2 Å².